The minimum Gasteiger partial charge on any atom is -0.490 e. The van der Waals surface area contributed by atoms with Gasteiger partial charge < -0.3 is 14.7 Å². The van der Waals surface area contributed by atoms with Crippen molar-refractivity contribution in [1.82, 2.24) is 4.90 Å². The van der Waals surface area contributed by atoms with E-state index in [1.54, 1.807) is 6.07 Å². The van der Waals surface area contributed by atoms with Crippen molar-refractivity contribution in [3.63, 3.8) is 0 Å². The Morgan fingerprint density at radius 2 is 1.71 bits per heavy atom. The van der Waals surface area contributed by atoms with Gasteiger partial charge in [-0.15, -0.1) is 0 Å². The van der Waals surface area contributed by atoms with Gasteiger partial charge in [-0.3, -0.25) is 9.59 Å². The van der Waals surface area contributed by atoms with Gasteiger partial charge in [0, 0.05) is 23.2 Å². The highest BCUT2D eigenvalue weighted by Crippen LogP contribution is 2.39. The van der Waals surface area contributed by atoms with Gasteiger partial charge in [-0.25, -0.2) is 4.39 Å². The number of nitrogens with zero attached hydrogens (tertiary/aromatic N) is 1. The number of halogens is 1. The average molecular weight is 468 g/mol. The lowest BCUT2D eigenvalue weighted by Crippen LogP contribution is -2.55. The average Bonchev–Trinajstić information content (AvgIpc) is 2.83. The van der Waals surface area contributed by atoms with Crippen LogP contribution >= 0.6 is 0 Å². The Balaban J connectivity index is 1.43. The summed E-state index contributed by atoms with van der Waals surface area (Å²) in [6, 6.07) is 9.22. The highest BCUT2D eigenvalue weighted by molar-refractivity contribution is 6.00. The summed E-state index contributed by atoms with van der Waals surface area (Å²) in [7, 11) is 0. The first-order valence-electron chi connectivity index (χ1n) is 12.8. The van der Waals surface area contributed by atoms with E-state index in [1.165, 1.54) is 0 Å². The topological polar surface area (TPSA) is 66.8 Å². The highest BCUT2D eigenvalue weighted by Gasteiger charge is 2.43. The molecule has 2 aromatic carbocycles. The van der Waals surface area contributed by atoms with Crippen molar-refractivity contribution in [3.05, 3.63) is 41.5 Å². The Morgan fingerprint density at radius 1 is 1.03 bits per heavy atom. The van der Waals surface area contributed by atoms with Gasteiger partial charge in [-0.1, -0.05) is 19.1 Å². The number of carboxylic acid groups (broad SMARTS) is 1. The molecular formula is C28H34FNO4. The summed E-state index contributed by atoms with van der Waals surface area (Å²) in [5, 5.41) is 11.1. The van der Waals surface area contributed by atoms with Crippen molar-refractivity contribution in [2.24, 2.45) is 11.8 Å². The summed E-state index contributed by atoms with van der Waals surface area (Å²) in [5.41, 5.74) is 1.05. The van der Waals surface area contributed by atoms with Gasteiger partial charge in [0.25, 0.3) is 5.91 Å². The molecule has 5 rings (SSSR count). The van der Waals surface area contributed by atoms with E-state index < -0.39 is 12.6 Å². The smallest absolute Gasteiger partial charge is 0.306 e. The third kappa shape index (κ3) is 4.39. The Hall–Kier alpha value is -2.63. The van der Waals surface area contributed by atoms with Crippen LogP contribution in [0, 0.1) is 11.8 Å². The lowest BCUT2D eigenvalue weighted by molar-refractivity contribution is -0.145. The molecule has 2 heterocycles. The first-order valence-corrected chi connectivity index (χ1v) is 12.8. The zero-order valence-corrected chi connectivity index (χ0v) is 19.8. The fraction of sp³-hybridized carbons (Fsp3) is 0.571. The Labute approximate surface area is 200 Å². The summed E-state index contributed by atoms with van der Waals surface area (Å²) in [6.45, 7) is 1.61. The maximum atomic E-state index is 14.3. The second-order valence-electron chi connectivity index (χ2n) is 10.6. The van der Waals surface area contributed by atoms with Gasteiger partial charge in [0.2, 0.25) is 0 Å². The van der Waals surface area contributed by atoms with Gasteiger partial charge in [-0.05, 0) is 92.7 Å². The van der Waals surface area contributed by atoms with Crippen molar-refractivity contribution >= 4 is 22.6 Å². The largest absolute Gasteiger partial charge is 0.490 e. The van der Waals surface area contributed by atoms with Gasteiger partial charge in [-0.2, -0.15) is 0 Å². The number of carbonyl (C=O) groups excluding carboxylic acids is 1. The first kappa shape index (κ1) is 23.1. The van der Waals surface area contributed by atoms with E-state index >= 15 is 0 Å². The summed E-state index contributed by atoms with van der Waals surface area (Å²) in [6.07, 6.45) is 8.07. The number of amides is 1. The lowest BCUT2D eigenvalue weighted by atomic mass is 9.78. The van der Waals surface area contributed by atoms with Crippen LogP contribution in [0.15, 0.2) is 30.3 Å². The molecule has 0 radical (unpaired) electrons. The molecule has 0 aromatic heterocycles. The van der Waals surface area contributed by atoms with Gasteiger partial charge in [0.05, 0.1) is 12.0 Å². The van der Waals surface area contributed by atoms with Gasteiger partial charge >= 0.3 is 5.97 Å². The fourth-order valence-corrected chi connectivity index (χ4v) is 6.33. The molecule has 1 saturated carbocycles. The Morgan fingerprint density at radius 3 is 2.35 bits per heavy atom. The number of benzene rings is 2. The molecule has 2 bridgehead atoms. The summed E-state index contributed by atoms with van der Waals surface area (Å²) < 4.78 is 20.5. The normalized spacial score (nSPS) is 29.1. The molecule has 3 aliphatic rings. The molecule has 182 valence electrons. The second-order valence-corrected chi connectivity index (χ2v) is 10.6. The van der Waals surface area contributed by atoms with E-state index in [1.807, 2.05) is 29.2 Å². The van der Waals surface area contributed by atoms with Crippen LogP contribution in [0.1, 0.15) is 80.6 Å². The summed E-state index contributed by atoms with van der Waals surface area (Å²) in [5.74, 6) is 0.0840. The standard InChI is InChI=1S/C28H34FNO4/c1-17-5-10-23(11-6-17)34-26-12-9-18-7-8-19(15-24(18)25(26)16-29)27(31)30-21-3-2-4-22(30)14-20(13-21)28(32)33/h7-9,12,15,17,20-23H,2-6,10-11,13-14,16H2,1H3,(H,32,33)/t17-,20?,21?,22?,23+. The van der Waals surface area contributed by atoms with Crippen molar-refractivity contribution < 1.29 is 23.8 Å². The minimum absolute atomic E-state index is 0.0409. The van der Waals surface area contributed by atoms with Crippen molar-refractivity contribution in [2.75, 3.05) is 0 Å². The van der Waals surface area contributed by atoms with Crippen molar-refractivity contribution in [1.29, 1.82) is 0 Å². The van der Waals surface area contributed by atoms with E-state index in [4.69, 9.17) is 4.74 Å². The zero-order chi connectivity index (χ0) is 23.8. The molecular weight excluding hydrogens is 433 g/mol. The molecule has 2 unspecified atom stereocenters. The molecule has 2 aromatic rings. The molecule has 1 amide bonds. The van der Waals surface area contributed by atoms with Crippen molar-refractivity contribution in [2.45, 2.75) is 89.6 Å². The number of carbonyl (C=O) groups is 2. The molecule has 2 saturated heterocycles. The number of ether oxygens (including phenoxy) is 1. The Kier molecular flexibility index (Phi) is 6.50. The number of aliphatic carboxylic acids is 1. The second kappa shape index (κ2) is 9.55. The number of alkyl halides is 1. The van der Waals surface area contributed by atoms with Gasteiger partial charge in [0.1, 0.15) is 12.4 Å². The fourth-order valence-electron chi connectivity index (χ4n) is 6.33. The molecule has 1 N–H and O–H groups in total. The van der Waals surface area contributed by atoms with Crippen LogP contribution in [0.25, 0.3) is 10.8 Å². The predicted octanol–water partition coefficient (Wildman–Crippen LogP) is 6.12. The Bertz CT molecular complexity index is 1060. The highest BCUT2D eigenvalue weighted by atomic mass is 19.1. The zero-order valence-electron chi connectivity index (χ0n) is 19.8. The number of fused-ring (bicyclic) bond motifs is 3. The molecule has 3 fully saturated rings. The van der Waals surface area contributed by atoms with Crippen LogP contribution in [0.2, 0.25) is 0 Å². The number of carboxylic acids is 1. The molecule has 5 nitrogen and oxygen atoms in total. The van der Waals surface area contributed by atoms with Crippen molar-refractivity contribution in [3.8, 4) is 5.75 Å². The van der Waals surface area contributed by atoms with Crippen LogP contribution in [-0.4, -0.2) is 40.1 Å². The number of piperidine rings is 2. The summed E-state index contributed by atoms with van der Waals surface area (Å²) in [4.78, 5) is 27.1. The van der Waals surface area contributed by atoms with Crippen LogP contribution in [0.5, 0.6) is 5.75 Å². The predicted molar refractivity (Wildman–Crippen MR) is 129 cm³/mol. The molecule has 0 spiro atoms. The molecule has 6 heteroatoms. The van der Waals surface area contributed by atoms with Gasteiger partial charge in [0.15, 0.2) is 0 Å². The molecule has 34 heavy (non-hydrogen) atoms. The van der Waals surface area contributed by atoms with E-state index in [9.17, 15) is 19.1 Å². The van der Waals surface area contributed by atoms with Crippen LogP contribution < -0.4 is 4.74 Å². The van der Waals surface area contributed by atoms with Crippen LogP contribution in [-0.2, 0) is 11.5 Å². The monoisotopic (exact) mass is 467 g/mol. The maximum Gasteiger partial charge on any atom is 0.306 e. The maximum absolute atomic E-state index is 14.3. The number of rotatable bonds is 5. The lowest BCUT2D eigenvalue weighted by Gasteiger charge is -2.48. The van der Waals surface area contributed by atoms with E-state index in [0.29, 0.717) is 35.6 Å². The summed E-state index contributed by atoms with van der Waals surface area (Å²) >= 11 is 0. The number of hydrogen-bond donors (Lipinski definition) is 1. The van der Waals surface area contributed by atoms with E-state index in [0.717, 1.165) is 55.7 Å². The van der Waals surface area contributed by atoms with E-state index in [2.05, 4.69) is 6.92 Å². The quantitative estimate of drug-likeness (QED) is 0.575. The third-order valence-corrected chi connectivity index (χ3v) is 8.29. The molecule has 2 atom stereocenters. The first-order chi connectivity index (χ1) is 16.4. The third-order valence-electron chi connectivity index (χ3n) is 8.29. The number of hydrogen-bond acceptors (Lipinski definition) is 3. The molecule has 2 aliphatic heterocycles. The van der Waals surface area contributed by atoms with E-state index in [-0.39, 0.29) is 30.0 Å². The molecule has 1 aliphatic carbocycles. The van der Waals surface area contributed by atoms with Crippen LogP contribution in [0.3, 0.4) is 0 Å². The van der Waals surface area contributed by atoms with Crippen LogP contribution in [0.4, 0.5) is 4.39 Å². The minimum atomic E-state index is -0.762. The SMILES string of the molecule is C[C@H]1CC[C@@H](Oc2ccc3ccc(C(=O)N4C5CCCC4CC(C(=O)O)C5)cc3c2CF)CC1.